The first-order chi connectivity index (χ1) is 9.26. The summed E-state index contributed by atoms with van der Waals surface area (Å²) in [6.45, 7) is 0. The van der Waals surface area contributed by atoms with Crippen LogP contribution in [0, 0.1) is 5.92 Å². The fourth-order valence-electron chi connectivity index (χ4n) is 1.68. The number of ether oxygens (including phenoxy) is 1. The summed E-state index contributed by atoms with van der Waals surface area (Å²) in [5.41, 5.74) is 0.481. The molecule has 0 aliphatic heterocycles. The Labute approximate surface area is 109 Å². The van der Waals surface area contributed by atoms with E-state index in [9.17, 15) is 4.79 Å². The van der Waals surface area contributed by atoms with Gasteiger partial charge in [-0.05, 0) is 18.9 Å². The molecule has 0 unspecified atom stereocenters. The van der Waals surface area contributed by atoms with Crippen molar-refractivity contribution in [2.24, 2.45) is 5.92 Å². The number of methoxy groups -OCH3 is 1. The molecule has 1 saturated carbocycles. The lowest BCUT2D eigenvalue weighted by Gasteiger charge is -1.96. The minimum atomic E-state index is 0.163. The highest BCUT2D eigenvalue weighted by molar-refractivity contribution is 5.84. The first kappa shape index (κ1) is 11.8. The van der Waals surface area contributed by atoms with Gasteiger partial charge in [0.15, 0.2) is 0 Å². The Hall–Kier alpha value is -2.31. The average molecular weight is 260 g/mol. The second-order valence-corrected chi connectivity index (χ2v) is 4.39. The Morgan fingerprint density at radius 2 is 2.26 bits per heavy atom. The largest absolute Gasteiger partial charge is 0.480 e. The molecule has 2 aromatic heterocycles. The van der Waals surface area contributed by atoms with E-state index in [-0.39, 0.29) is 18.1 Å². The SMILES string of the molecule is COc1ccc(-c2noc(CC(=O)C3CC3)n2)nn1. The topological polar surface area (TPSA) is 91.0 Å². The number of carbonyl (C=O) groups excluding carboxylic acids is 1. The summed E-state index contributed by atoms with van der Waals surface area (Å²) in [6, 6.07) is 3.34. The van der Waals surface area contributed by atoms with Crippen molar-refractivity contribution in [3.8, 4) is 17.4 Å². The summed E-state index contributed by atoms with van der Waals surface area (Å²) >= 11 is 0. The van der Waals surface area contributed by atoms with E-state index in [0.717, 1.165) is 12.8 Å². The molecule has 1 fully saturated rings. The zero-order valence-electron chi connectivity index (χ0n) is 10.4. The molecule has 98 valence electrons. The van der Waals surface area contributed by atoms with Gasteiger partial charge in [0.2, 0.25) is 17.6 Å². The maximum absolute atomic E-state index is 11.6. The van der Waals surface area contributed by atoms with Gasteiger partial charge in [0.05, 0.1) is 13.5 Å². The highest BCUT2D eigenvalue weighted by Crippen LogP contribution is 2.30. The van der Waals surface area contributed by atoms with E-state index in [4.69, 9.17) is 9.26 Å². The van der Waals surface area contributed by atoms with E-state index in [2.05, 4.69) is 20.3 Å². The van der Waals surface area contributed by atoms with Crippen LogP contribution in [-0.4, -0.2) is 33.2 Å². The lowest BCUT2D eigenvalue weighted by Crippen LogP contribution is -2.04. The number of hydrogen-bond acceptors (Lipinski definition) is 7. The van der Waals surface area contributed by atoms with Gasteiger partial charge < -0.3 is 9.26 Å². The molecule has 0 saturated heterocycles. The van der Waals surface area contributed by atoms with Crippen molar-refractivity contribution < 1.29 is 14.1 Å². The molecule has 2 aromatic rings. The van der Waals surface area contributed by atoms with Crippen molar-refractivity contribution in [2.75, 3.05) is 7.11 Å². The van der Waals surface area contributed by atoms with Crippen LogP contribution in [0.4, 0.5) is 0 Å². The van der Waals surface area contributed by atoms with Crippen LogP contribution in [0.25, 0.3) is 11.5 Å². The summed E-state index contributed by atoms with van der Waals surface area (Å²) in [4.78, 5) is 15.8. The van der Waals surface area contributed by atoms with Gasteiger partial charge in [-0.25, -0.2) is 0 Å². The van der Waals surface area contributed by atoms with Crippen molar-refractivity contribution in [3.63, 3.8) is 0 Å². The van der Waals surface area contributed by atoms with Crippen molar-refractivity contribution >= 4 is 5.78 Å². The molecule has 0 N–H and O–H groups in total. The molecule has 1 aliphatic rings. The Balaban J connectivity index is 1.73. The second kappa shape index (κ2) is 4.75. The smallest absolute Gasteiger partial charge is 0.234 e. The molecule has 0 amide bonds. The van der Waals surface area contributed by atoms with E-state index in [1.165, 1.54) is 7.11 Å². The normalized spacial score (nSPS) is 14.4. The van der Waals surface area contributed by atoms with Gasteiger partial charge in [-0.2, -0.15) is 4.98 Å². The summed E-state index contributed by atoms with van der Waals surface area (Å²) in [5.74, 6) is 1.42. The molecule has 0 spiro atoms. The monoisotopic (exact) mass is 260 g/mol. The Morgan fingerprint density at radius 3 is 2.89 bits per heavy atom. The molecule has 2 heterocycles. The molecule has 0 bridgehead atoms. The van der Waals surface area contributed by atoms with E-state index >= 15 is 0 Å². The van der Waals surface area contributed by atoms with Crippen LogP contribution < -0.4 is 4.74 Å². The number of ketones is 1. The van der Waals surface area contributed by atoms with Crippen LogP contribution in [0.1, 0.15) is 18.7 Å². The molecular weight excluding hydrogens is 248 g/mol. The molecule has 0 radical (unpaired) electrons. The molecule has 7 nitrogen and oxygen atoms in total. The van der Waals surface area contributed by atoms with Crippen LogP contribution in [-0.2, 0) is 11.2 Å². The molecule has 3 rings (SSSR count). The highest BCUT2D eigenvalue weighted by atomic mass is 16.5. The van der Waals surface area contributed by atoms with Crippen molar-refractivity contribution in [3.05, 3.63) is 18.0 Å². The fraction of sp³-hybridized carbons (Fsp3) is 0.417. The predicted molar refractivity (Wildman–Crippen MR) is 63.3 cm³/mol. The van der Waals surface area contributed by atoms with Gasteiger partial charge >= 0.3 is 0 Å². The predicted octanol–water partition coefficient (Wildman–Crippen LogP) is 1.06. The Bertz CT molecular complexity index is 589. The third-order valence-corrected chi connectivity index (χ3v) is 2.90. The van der Waals surface area contributed by atoms with Crippen LogP contribution >= 0.6 is 0 Å². The van der Waals surface area contributed by atoms with E-state index in [0.29, 0.717) is 23.3 Å². The quantitative estimate of drug-likeness (QED) is 0.793. The average Bonchev–Trinajstić information content (AvgIpc) is 3.20. The Morgan fingerprint density at radius 1 is 1.42 bits per heavy atom. The number of carbonyl (C=O) groups is 1. The number of rotatable bonds is 5. The fourth-order valence-corrected chi connectivity index (χ4v) is 1.68. The van der Waals surface area contributed by atoms with E-state index in [1.807, 2.05) is 0 Å². The van der Waals surface area contributed by atoms with Crippen LogP contribution in [0.2, 0.25) is 0 Å². The summed E-state index contributed by atoms with van der Waals surface area (Å²) < 4.78 is 9.96. The van der Waals surface area contributed by atoms with Crippen LogP contribution in [0.15, 0.2) is 16.7 Å². The summed E-state index contributed by atoms with van der Waals surface area (Å²) in [5, 5.41) is 11.5. The van der Waals surface area contributed by atoms with Gasteiger partial charge in [0.25, 0.3) is 0 Å². The third kappa shape index (κ3) is 2.59. The van der Waals surface area contributed by atoms with Gasteiger partial charge in [-0.1, -0.05) is 5.16 Å². The zero-order chi connectivity index (χ0) is 13.2. The lowest BCUT2D eigenvalue weighted by atomic mass is 10.2. The first-order valence-corrected chi connectivity index (χ1v) is 5.99. The number of hydrogen-bond donors (Lipinski definition) is 0. The van der Waals surface area contributed by atoms with Crippen molar-refractivity contribution in [1.82, 2.24) is 20.3 Å². The highest BCUT2D eigenvalue weighted by Gasteiger charge is 2.30. The zero-order valence-corrected chi connectivity index (χ0v) is 10.4. The van der Waals surface area contributed by atoms with E-state index in [1.54, 1.807) is 12.1 Å². The molecule has 1 aliphatic carbocycles. The number of nitrogens with zero attached hydrogens (tertiary/aromatic N) is 4. The van der Waals surface area contributed by atoms with Gasteiger partial charge in [-0.3, -0.25) is 4.79 Å². The maximum Gasteiger partial charge on any atom is 0.234 e. The summed E-state index contributed by atoms with van der Waals surface area (Å²) in [7, 11) is 1.51. The first-order valence-electron chi connectivity index (χ1n) is 5.99. The minimum absolute atomic E-state index is 0.163. The van der Waals surface area contributed by atoms with Gasteiger partial charge in [-0.15, -0.1) is 10.2 Å². The van der Waals surface area contributed by atoms with Gasteiger partial charge in [0.1, 0.15) is 11.5 Å². The van der Waals surface area contributed by atoms with Crippen molar-refractivity contribution in [1.29, 1.82) is 0 Å². The summed E-state index contributed by atoms with van der Waals surface area (Å²) in [6.07, 6.45) is 2.15. The number of Topliss-reactive ketones (excluding diaryl/α,β-unsaturated/α-hetero) is 1. The maximum atomic E-state index is 11.6. The second-order valence-electron chi connectivity index (χ2n) is 4.39. The molecular formula is C12H12N4O3. The molecule has 19 heavy (non-hydrogen) atoms. The van der Waals surface area contributed by atoms with Crippen molar-refractivity contribution in [2.45, 2.75) is 19.3 Å². The lowest BCUT2D eigenvalue weighted by molar-refractivity contribution is -0.119. The van der Waals surface area contributed by atoms with Crippen LogP contribution in [0.3, 0.4) is 0 Å². The third-order valence-electron chi connectivity index (χ3n) is 2.90. The standard InChI is InChI=1S/C12H12N4O3/c1-18-10-5-4-8(14-15-10)12-13-11(19-16-12)6-9(17)7-2-3-7/h4-5,7H,2-3,6H2,1H3. The molecule has 0 aromatic carbocycles. The number of aromatic nitrogens is 4. The minimum Gasteiger partial charge on any atom is -0.480 e. The van der Waals surface area contributed by atoms with Gasteiger partial charge in [0, 0.05) is 12.0 Å². The van der Waals surface area contributed by atoms with E-state index < -0.39 is 0 Å². The van der Waals surface area contributed by atoms with Crippen LogP contribution in [0.5, 0.6) is 5.88 Å². The molecule has 7 heteroatoms. The Kier molecular flexibility index (Phi) is 2.94. The molecule has 0 atom stereocenters.